The lowest BCUT2D eigenvalue weighted by atomic mass is 9.96. The standard InChI is InChI=1S/C17H19FN6/c1-2-15-21-16(23-22-15)11-5-7-24(8-6-11)17-13-9-12(18)3-4-14(13)19-10-20-17/h3-4,9-11H,2,5-8H2,1H3,(H,21,22,23). The van der Waals surface area contributed by atoms with Crippen LogP contribution in [-0.4, -0.2) is 38.2 Å². The van der Waals surface area contributed by atoms with Crippen LogP contribution in [-0.2, 0) is 6.42 Å². The maximum absolute atomic E-state index is 13.6. The van der Waals surface area contributed by atoms with E-state index in [0.717, 1.165) is 60.7 Å². The van der Waals surface area contributed by atoms with Crippen LogP contribution in [0.25, 0.3) is 10.9 Å². The van der Waals surface area contributed by atoms with Gasteiger partial charge in [-0.2, -0.15) is 5.10 Å². The molecule has 0 bridgehead atoms. The van der Waals surface area contributed by atoms with Gasteiger partial charge in [0.1, 0.15) is 23.8 Å². The number of fused-ring (bicyclic) bond motifs is 1. The Hall–Kier alpha value is -2.57. The lowest BCUT2D eigenvalue weighted by Crippen LogP contribution is -2.34. The number of aryl methyl sites for hydroxylation is 1. The summed E-state index contributed by atoms with van der Waals surface area (Å²) < 4.78 is 13.6. The Morgan fingerprint density at radius 1 is 1.25 bits per heavy atom. The van der Waals surface area contributed by atoms with Gasteiger partial charge in [-0.15, -0.1) is 0 Å². The predicted molar refractivity (Wildman–Crippen MR) is 89.4 cm³/mol. The van der Waals surface area contributed by atoms with Crippen LogP contribution < -0.4 is 4.90 Å². The number of piperidine rings is 1. The molecule has 6 nitrogen and oxygen atoms in total. The highest BCUT2D eigenvalue weighted by atomic mass is 19.1. The van der Waals surface area contributed by atoms with Crippen LogP contribution in [0, 0.1) is 5.82 Å². The van der Waals surface area contributed by atoms with Crippen LogP contribution in [0.15, 0.2) is 24.5 Å². The summed E-state index contributed by atoms with van der Waals surface area (Å²) in [5.74, 6) is 2.75. The Balaban J connectivity index is 1.54. The first-order chi connectivity index (χ1) is 11.7. The minimum Gasteiger partial charge on any atom is -0.356 e. The molecule has 124 valence electrons. The van der Waals surface area contributed by atoms with Crippen molar-refractivity contribution in [3.8, 4) is 0 Å². The molecule has 0 amide bonds. The first kappa shape index (κ1) is 15.0. The van der Waals surface area contributed by atoms with Crippen molar-refractivity contribution in [1.82, 2.24) is 25.1 Å². The Kier molecular flexibility index (Phi) is 3.84. The SMILES string of the molecule is CCc1nc(C2CCN(c3ncnc4ccc(F)cc34)CC2)n[nH]1. The number of aromatic nitrogens is 5. The van der Waals surface area contributed by atoms with Gasteiger partial charge in [0.25, 0.3) is 0 Å². The zero-order valence-electron chi connectivity index (χ0n) is 13.5. The topological polar surface area (TPSA) is 70.6 Å². The van der Waals surface area contributed by atoms with E-state index in [2.05, 4.69) is 37.0 Å². The molecule has 1 aromatic carbocycles. The Bertz CT molecular complexity index is 853. The largest absolute Gasteiger partial charge is 0.356 e. The summed E-state index contributed by atoms with van der Waals surface area (Å²) in [5, 5.41) is 8.10. The van der Waals surface area contributed by atoms with Crippen molar-refractivity contribution in [1.29, 1.82) is 0 Å². The maximum atomic E-state index is 13.6. The van der Waals surface area contributed by atoms with Gasteiger partial charge in [0.05, 0.1) is 5.52 Å². The van der Waals surface area contributed by atoms with Crippen molar-refractivity contribution in [2.75, 3.05) is 18.0 Å². The average molecular weight is 326 g/mol. The number of H-pyrrole nitrogens is 1. The van der Waals surface area contributed by atoms with Crippen molar-refractivity contribution in [3.05, 3.63) is 42.0 Å². The van der Waals surface area contributed by atoms with Gasteiger partial charge in [-0.1, -0.05) is 6.92 Å². The molecule has 1 saturated heterocycles. The van der Waals surface area contributed by atoms with Crippen molar-refractivity contribution in [2.45, 2.75) is 32.1 Å². The number of hydrogen-bond donors (Lipinski definition) is 1. The predicted octanol–water partition coefficient (Wildman–Crippen LogP) is 2.83. The molecule has 1 N–H and O–H groups in total. The zero-order chi connectivity index (χ0) is 16.5. The molecule has 24 heavy (non-hydrogen) atoms. The van der Waals surface area contributed by atoms with Gasteiger partial charge in [0, 0.05) is 30.8 Å². The quantitative estimate of drug-likeness (QED) is 0.801. The summed E-state index contributed by atoms with van der Waals surface area (Å²) in [7, 11) is 0. The van der Waals surface area contributed by atoms with E-state index < -0.39 is 0 Å². The van der Waals surface area contributed by atoms with Crippen LogP contribution in [0.2, 0.25) is 0 Å². The molecule has 3 heterocycles. The van der Waals surface area contributed by atoms with Gasteiger partial charge in [-0.05, 0) is 31.0 Å². The lowest BCUT2D eigenvalue weighted by molar-refractivity contribution is 0.485. The fourth-order valence-electron chi connectivity index (χ4n) is 3.27. The van der Waals surface area contributed by atoms with Crippen LogP contribution in [0.5, 0.6) is 0 Å². The second-order valence-electron chi connectivity index (χ2n) is 6.11. The fraction of sp³-hybridized carbons (Fsp3) is 0.412. The van der Waals surface area contributed by atoms with E-state index in [9.17, 15) is 4.39 Å². The molecule has 1 fully saturated rings. The molecule has 0 atom stereocenters. The summed E-state index contributed by atoms with van der Waals surface area (Å²) in [6.07, 6.45) is 4.33. The normalized spacial score (nSPS) is 16.0. The summed E-state index contributed by atoms with van der Waals surface area (Å²) in [5.41, 5.74) is 0.769. The van der Waals surface area contributed by atoms with Crippen LogP contribution in [0.4, 0.5) is 10.2 Å². The van der Waals surface area contributed by atoms with Crippen LogP contribution >= 0.6 is 0 Å². The van der Waals surface area contributed by atoms with Gasteiger partial charge in [0.15, 0.2) is 5.82 Å². The Morgan fingerprint density at radius 2 is 2.08 bits per heavy atom. The van der Waals surface area contributed by atoms with Gasteiger partial charge in [-0.3, -0.25) is 5.10 Å². The number of halogens is 1. The van der Waals surface area contributed by atoms with E-state index in [0.29, 0.717) is 5.92 Å². The van der Waals surface area contributed by atoms with Gasteiger partial charge < -0.3 is 4.90 Å². The molecule has 0 radical (unpaired) electrons. The molecule has 3 aromatic rings. The average Bonchev–Trinajstić information content (AvgIpc) is 3.10. The third-order valence-electron chi connectivity index (χ3n) is 4.62. The Labute approximate surface area is 139 Å². The minimum absolute atomic E-state index is 0.263. The number of benzene rings is 1. The number of rotatable bonds is 3. The van der Waals surface area contributed by atoms with E-state index in [4.69, 9.17) is 0 Å². The molecule has 7 heteroatoms. The number of anilines is 1. The molecule has 1 aliphatic heterocycles. The first-order valence-electron chi connectivity index (χ1n) is 8.31. The lowest BCUT2D eigenvalue weighted by Gasteiger charge is -2.32. The molecular formula is C17H19FN6. The van der Waals surface area contributed by atoms with Crippen molar-refractivity contribution in [2.24, 2.45) is 0 Å². The van der Waals surface area contributed by atoms with Crippen LogP contribution in [0.3, 0.4) is 0 Å². The minimum atomic E-state index is -0.263. The first-order valence-corrected chi connectivity index (χ1v) is 8.31. The van der Waals surface area contributed by atoms with Crippen molar-refractivity contribution < 1.29 is 4.39 Å². The van der Waals surface area contributed by atoms with Crippen molar-refractivity contribution in [3.63, 3.8) is 0 Å². The second kappa shape index (κ2) is 6.14. The van der Waals surface area contributed by atoms with E-state index in [1.165, 1.54) is 12.1 Å². The van der Waals surface area contributed by atoms with Crippen LogP contribution in [0.1, 0.15) is 37.3 Å². The molecule has 0 spiro atoms. The Morgan fingerprint density at radius 3 is 2.83 bits per heavy atom. The summed E-state index contributed by atoms with van der Waals surface area (Å²) in [6, 6.07) is 4.64. The van der Waals surface area contributed by atoms with E-state index in [1.807, 2.05) is 0 Å². The molecule has 1 aliphatic rings. The summed E-state index contributed by atoms with van der Waals surface area (Å²) in [6.45, 7) is 3.76. The molecular weight excluding hydrogens is 307 g/mol. The maximum Gasteiger partial charge on any atom is 0.153 e. The number of nitrogens with zero attached hydrogens (tertiary/aromatic N) is 5. The molecule has 0 aliphatic carbocycles. The zero-order valence-corrected chi connectivity index (χ0v) is 13.5. The van der Waals surface area contributed by atoms with E-state index >= 15 is 0 Å². The van der Waals surface area contributed by atoms with E-state index in [-0.39, 0.29) is 5.82 Å². The van der Waals surface area contributed by atoms with E-state index in [1.54, 1.807) is 12.4 Å². The third kappa shape index (κ3) is 2.70. The van der Waals surface area contributed by atoms with Crippen molar-refractivity contribution >= 4 is 16.7 Å². The highest BCUT2D eigenvalue weighted by Crippen LogP contribution is 2.31. The fourth-order valence-corrected chi connectivity index (χ4v) is 3.27. The number of aromatic amines is 1. The highest BCUT2D eigenvalue weighted by Gasteiger charge is 2.25. The number of nitrogens with one attached hydrogen (secondary N) is 1. The van der Waals surface area contributed by atoms with Gasteiger partial charge >= 0.3 is 0 Å². The highest BCUT2D eigenvalue weighted by molar-refractivity contribution is 5.89. The van der Waals surface area contributed by atoms with Gasteiger partial charge in [-0.25, -0.2) is 19.3 Å². The molecule has 0 saturated carbocycles. The second-order valence-corrected chi connectivity index (χ2v) is 6.11. The third-order valence-corrected chi connectivity index (χ3v) is 4.62. The molecule has 4 rings (SSSR count). The summed E-state index contributed by atoms with van der Waals surface area (Å²) in [4.78, 5) is 15.4. The van der Waals surface area contributed by atoms with Gasteiger partial charge in [0.2, 0.25) is 0 Å². The molecule has 0 unspecified atom stereocenters. The number of hydrogen-bond acceptors (Lipinski definition) is 5. The smallest absolute Gasteiger partial charge is 0.153 e. The monoisotopic (exact) mass is 326 g/mol. The molecule has 2 aromatic heterocycles. The summed E-state index contributed by atoms with van der Waals surface area (Å²) >= 11 is 0.